The van der Waals surface area contributed by atoms with E-state index >= 15 is 0 Å². The maximum atomic E-state index is 12.5. The highest BCUT2D eigenvalue weighted by molar-refractivity contribution is 7.99. The highest BCUT2D eigenvalue weighted by atomic mass is 32.2. The number of aryl methyl sites for hydroxylation is 2. The van der Waals surface area contributed by atoms with Crippen molar-refractivity contribution in [2.75, 3.05) is 11.1 Å². The predicted molar refractivity (Wildman–Crippen MR) is 121 cm³/mol. The molecule has 0 bridgehead atoms. The lowest BCUT2D eigenvalue weighted by Gasteiger charge is -2.11. The Labute approximate surface area is 175 Å². The van der Waals surface area contributed by atoms with Crippen LogP contribution in [-0.4, -0.2) is 21.2 Å². The van der Waals surface area contributed by atoms with Crippen LogP contribution >= 0.6 is 11.8 Å². The van der Waals surface area contributed by atoms with Crippen molar-refractivity contribution >= 4 is 34.4 Å². The normalized spacial score (nSPS) is 11.0. The number of para-hydroxylation sites is 3. The van der Waals surface area contributed by atoms with E-state index in [1.165, 1.54) is 22.9 Å². The van der Waals surface area contributed by atoms with Crippen LogP contribution < -0.4 is 5.32 Å². The van der Waals surface area contributed by atoms with Crippen molar-refractivity contribution in [1.29, 1.82) is 0 Å². The molecule has 1 N–H and O–H groups in total. The van der Waals surface area contributed by atoms with Crippen molar-refractivity contribution < 1.29 is 4.79 Å². The van der Waals surface area contributed by atoms with E-state index in [1.54, 1.807) is 0 Å². The molecule has 146 valence electrons. The smallest absolute Gasteiger partial charge is 0.234 e. The maximum absolute atomic E-state index is 12.5. The van der Waals surface area contributed by atoms with Gasteiger partial charge in [-0.2, -0.15) is 0 Å². The molecule has 1 heterocycles. The minimum Gasteiger partial charge on any atom is -0.325 e. The number of nitrogens with one attached hydrogen (secondary N) is 1. The third kappa shape index (κ3) is 4.51. The number of rotatable bonds is 6. The summed E-state index contributed by atoms with van der Waals surface area (Å²) in [4.78, 5) is 17.3. The molecule has 0 saturated carbocycles. The van der Waals surface area contributed by atoms with Crippen LogP contribution in [0.5, 0.6) is 0 Å². The molecule has 5 heteroatoms. The van der Waals surface area contributed by atoms with Crippen LogP contribution in [-0.2, 0) is 11.3 Å². The fraction of sp³-hybridized carbons (Fsp3) is 0.167. The summed E-state index contributed by atoms with van der Waals surface area (Å²) >= 11 is 1.47. The number of hydrogen-bond donors (Lipinski definition) is 1. The van der Waals surface area contributed by atoms with Crippen LogP contribution in [0, 0.1) is 13.8 Å². The molecule has 0 fully saturated rings. The summed E-state index contributed by atoms with van der Waals surface area (Å²) in [5.41, 5.74) is 6.39. The molecule has 0 saturated heterocycles. The average Bonchev–Trinajstić information content (AvgIpc) is 3.06. The van der Waals surface area contributed by atoms with Crippen LogP contribution in [0.3, 0.4) is 0 Å². The molecule has 0 radical (unpaired) electrons. The van der Waals surface area contributed by atoms with Gasteiger partial charge in [0.2, 0.25) is 5.91 Å². The van der Waals surface area contributed by atoms with Gasteiger partial charge in [-0.05, 0) is 43.2 Å². The van der Waals surface area contributed by atoms with Crippen molar-refractivity contribution in [1.82, 2.24) is 9.55 Å². The van der Waals surface area contributed by atoms with Gasteiger partial charge in [-0.1, -0.05) is 71.9 Å². The van der Waals surface area contributed by atoms with Gasteiger partial charge in [0.1, 0.15) is 0 Å². The number of anilines is 1. The van der Waals surface area contributed by atoms with E-state index in [4.69, 9.17) is 4.98 Å². The summed E-state index contributed by atoms with van der Waals surface area (Å²) in [6.45, 7) is 4.81. The van der Waals surface area contributed by atoms with E-state index in [0.717, 1.165) is 34.0 Å². The number of nitrogens with zero attached hydrogens (tertiary/aromatic N) is 2. The van der Waals surface area contributed by atoms with Gasteiger partial charge in [0.15, 0.2) is 5.16 Å². The molecule has 3 aromatic carbocycles. The van der Waals surface area contributed by atoms with Gasteiger partial charge in [-0.3, -0.25) is 4.79 Å². The average molecular weight is 402 g/mol. The molecule has 0 aliphatic rings. The van der Waals surface area contributed by atoms with E-state index in [-0.39, 0.29) is 5.91 Å². The van der Waals surface area contributed by atoms with Gasteiger partial charge in [-0.25, -0.2) is 4.98 Å². The second-order valence-corrected chi connectivity index (χ2v) is 8.05. The molecule has 4 aromatic rings. The van der Waals surface area contributed by atoms with E-state index in [9.17, 15) is 4.79 Å². The van der Waals surface area contributed by atoms with Crippen molar-refractivity contribution in [3.63, 3.8) is 0 Å². The van der Waals surface area contributed by atoms with Gasteiger partial charge >= 0.3 is 0 Å². The Morgan fingerprint density at radius 2 is 1.79 bits per heavy atom. The first-order valence-corrected chi connectivity index (χ1v) is 10.6. The summed E-state index contributed by atoms with van der Waals surface area (Å²) in [6, 6.07) is 24.4. The Hall–Kier alpha value is -3.05. The third-order valence-electron chi connectivity index (χ3n) is 4.79. The molecule has 1 amide bonds. The Kier molecular flexibility index (Phi) is 5.67. The number of fused-ring (bicyclic) bond motifs is 1. The van der Waals surface area contributed by atoms with Crippen LogP contribution in [0.2, 0.25) is 0 Å². The fourth-order valence-electron chi connectivity index (χ4n) is 3.34. The van der Waals surface area contributed by atoms with E-state index in [1.807, 2.05) is 49.4 Å². The van der Waals surface area contributed by atoms with E-state index in [0.29, 0.717) is 5.75 Å². The molecule has 0 unspecified atom stereocenters. The summed E-state index contributed by atoms with van der Waals surface area (Å²) in [6.07, 6.45) is 0. The quantitative estimate of drug-likeness (QED) is 0.438. The lowest BCUT2D eigenvalue weighted by atomic mass is 10.1. The number of carbonyl (C=O) groups is 1. The Morgan fingerprint density at radius 3 is 2.62 bits per heavy atom. The number of thioether (sulfide) groups is 1. The van der Waals surface area contributed by atoms with Crippen LogP contribution in [0.25, 0.3) is 11.0 Å². The number of aromatic nitrogens is 2. The molecular formula is C24H23N3OS. The zero-order valence-corrected chi connectivity index (χ0v) is 17.4. The summed E-state index contributed by atoms with van der Waals surface area (Å²) in [5, 5.41) is 3.85. The van der Waals surface area contributed by atoms with Gasteiger partial charge in [0.05, 0.1) is 23.3 Å². The maximum Gasteiger partial charge on any atom is 0.234 e. The first-order chi connectivity index (χ1) is 14.1. The van der Waals surface area contributed by atoms with Crippen molar-refractivity contribution in [2.45, 2.75) is 25.5 Å². The third-order valence-corrected chi connectivity index (χ3v) is 5.77. The minimum atomic E-state index is -0.0292. The molecule has 29 heavy (non-hydrogen) atoms. The van der Waals surface area contributed by atoms with E-state index in [2.05, 4.69) is 47.1 Å². The molecule has 4 rings (SSSR count). The van der Waals surface area contributed by atoms with Gasteiger partial charge in [-0.15, -0.1) is 0 Å². The van der Waals surface area contributed by atoms with Gasteiger partial charge in [0, 0.05) is 5.69 Å². The first kappa shape index (κ1) is 19.3. The minimum absolute atomic E-state index is 0.0292. The zero-order valence-electron chi connectivity index (χ0n) is 16.6. The summed E-state index contributed by atoms with van der Waals surface area (Å²) in [7, 11) is 0. The van der Waals surface area contributed by atoms with Crippen molar-refractivity contribution in [3.8, 4) is 0 Å². The number of carbonyl (C=O) groups excluding carboxylic acids is 1. The summed E-state index contributed by atoms with van der Waals surface area (Å²) < 4.78 is 2.19. The SMILES string of the molecule is Cc1cccc(Cn2c(SCC(=O)Nc3ccccc3C)nc3ccccc32)c1. The number of hydrogen-bond acceptors (Lipinski definition) is 3. The molecule has 0 aliphatic heterocycles. The molecule has 1 aromatic heterocycles. The van der Waals surface area contributed by atoms with Crippen LogP contribution in [0.4, 0.5) is 5.69 Å². The molecule has 4 nitrogen and oxygen atoms in total. The largest absolute Gasteiger partial charge is 0.325 e. The second kappa shape index (κ2) is 8.53. The number of amides is 1. The topological polar surface area (TPSA) is 46.9 Å². The fourth-order valence-corrected chi connectivity index (χ4v) is 4.15. The lowest BCUT2D eigenvalue weighted by Crippen LogP contribution is -2.15. The lowest BCUT2D eigenvalue weighted by molar-refractivity contribution is -0.113. The van der Waals surface area contributed by atoms with Crippen LogP contribution in [0.1, 0.15) is 16.7 Å². The predicted octanol–water partition coefficient (Wildman–Crippen LogP) is 5.43. The van der Waals surface area contributed by atoms with Crippen molar-refractivity contribution in [2.24, 2.45) is 0 Å². The standard InChI is InChI=1S/C24H23N3OS/c1-17-8-7-10-19(14-17)15-27-22-13-6-5-12-21(22)26-24(27)29-16-23(28)25-20-11-4-3-9-18(20)2/h3-14H,15-16H2,1-2H3,(H,25,28). The first-order valence-electron chi connectivity index (χ1n) is 9.59. The molecule has 0 spiro atoms. The molecule has 0 atom stereocenters. The number of imidazole rings is 1. The van der Waals surface area contributed by atoms with Crippen LogP contribution in [0.15, 0.2) is 78.0 Å². The Balaban J connectivity index is 1.55. The Morgan fingerprint density at radius 1 is 1.00 bits per heavy atom. The second-order valence-electron chi connectivity index (χ2n) is 7.11. The van der Waals surface area contributed by atoms with E-state index < -0.39 is 0 Å². The monoisotopic (exact) mass is 401 g/mol. The highest BCUT2D eigenvalue weighted by Crippen LogP contribution is 2.26. The molecular weight excluding hydrogens is 378 g/mol. The highest BCUT2D eigenvalue weighted by Gasteiger charge is 2.14. The number of benzene rings is 3. The van der Waals surface area contributed by atoms with Crippen molar-refractivity contribution in [3.05, 3.63) is 89.5 Å². The summed E-state index contributed by atoms with van der Waals surface area (Å²) in [5.74, 6) is 0.282. The van der Waals surface area contributed by atoms with Gasteiger partial charge in [0.25, 0.3) is 0 Å². The zero-order chi connectivity index (χ0) is 20.2. The molecule has 0 aliphatic carbocycles. The Bertz CT molecular complexity index is 1170. The van der Waals surface area contributed by atoms with Gasteiger partial charge < -0.3 is 9.88 Å².